The first-order chi connectivity index (χ1) is 9.75. The van der Waals surface area contributed by atoms with Crippen LogP contribution in [0, 0.1) is 23.3 Å². The molecule has 0 aliphatic heterocycles. The fourth-order valence-electron chi connectivity index (χ4n) is 1.97. The quantitative estimate of drug-likeness (QED) is 0.474. The van der Waals surface area contributed by atoms with Crippen molar-refractivity contribution < 1.29 is 22.1 Å². The third-order valence-electron chi connectivity index (χ3n) is 3.05. The number of hydrogen-bond donors (Lipinski definition) is 0. The lowest BCUT2D eigenvalue weighted by atomic mass is 9.95. The molecule has 0 unspecified atom stereocenters. The molecular weight excluding hydrogens is 288 g/mol. The molecule has 0 saturated heterocycles. The van der Waals surface area contributed by atoms with Crippen molar-refractivity contribution in [2.75, 3.05) is 0 Å². The Morgan fingerprint density at radius 2 is 1.38 bits per heavy atom. The first kappa shape index (κ1) is 15.5. The van der Waals surface area contributed by atoms with Crippen LogP contribution in [0.4, 0.5) is 17.6 Å². The Labute approximate surface area is 119 Å². The third kappa shape index (κ3) is 2.52. The van der Waals surface area contributed by atoms with Crippen LogP contribution in [-0.4, -0.2) is 10.1 Å². The predicted molar refractivity (Wildman–Crippen MR) is 67.7 cm³/mol. The van der Waals surface area contributed by atoms with Crippen molar-refractivity contribution in [2.24, 2.45) is 0 Å². The summed E-state index contributed by atoms with van der Waals surface area (Å²) in [5.74, 6) is -7.51. The van der Waals surface area contributed by atoms with E-state index in [1.807, 2.05) is 0 Å². The zero-order valence-corrected chi connectivity index (χ0v) is 12.0. The molecule has 0 saturated carbocycles. The Kier molecular flexibility index (Phi) is 4.02. The third-order valence-corrected chi connectivity index (χ3v) is 3.05. The molecule has 0 atom stereocenters. The Balaban J connectivity index is 2.77. The molecule has 21 heavy (non-hydrogen) atoms. The number of aromatic nitrogens is 2. The lowest BCUT2D eigenvalue weighted by Gasteiger charge is -2.13. The fourth-order valence-corrected chi connectivity index (χ4v) is 1.97. The average Bonchev–Trinajstić information content (AvgIpc) is 2.89. The summed E-state index contributed by atoms with van der Waals surface area (Å²) in [6.45, 7) is 6.61. The van der Waals surface area contributed by atoms with Crippen LogP contribution >= 0.6 is 0 Å². The van der Waals surface area contributed by atoms with Gasteiger partial charge in [-0.3, -0.25) is 0 Å². The van der Waals surface area contributed by atoms with E-state index in [0.29, 0.717) is 0 Å². The molecule has 7 heteroatoms. The van der Waals surface area contributed by atoms with Gasteiger partial charge in [0, 0.05) is 11.5 Å². The summed E-state index contributed by atoms with van der Waals surface area (Å²) in [5.41, 5.74) is -0.855. The molecular formula is C14H14F4N2O. The summed E-state index contributed by atoms with van der Waals surface area (Å²) in [4.78, 5) is 3.92. The summed E-state index contributed by atoms with van der Waals surface area (Å²) in [7, 11) is 0. The second-order valence-corrected chi connectivity index (χ2v) is 5.31. The smallest absolute Gasteiger partial charge is 0.261 e. The Hall–Kier alpha value is -1.92. The van der Waals surface area contributed by atoms with Crippen LogP contribution in [0.15, 0.2) is 4.52 Å². The maximum absolute atomic E-state index is 14.0. The number of hydrogen-bond acceptors (Lipinski definition) is 3. The van der Waals surface area contributed by atoms with Crippen molar-refractivity contribution in [2.45, 2.75) is 39.5 Å². The van der Waals surface area contributed by atoms with Crippen molar-refractivity contribution in [3.05, 3.63) is 34.7 Å². The summed E-state index contributed by atoms with van der Waals surface area (Å²) >= 11 is 0. The maximum Gasteiger partial charge on any atom is 0.261 e. The van der Waals surface area contributed by atoms with E-state index in [2.05, 4.69) is 10.1 Å². The first-order valence-electron chi connectivity index (χ1n) is 6.45. The zero-order valence-electron chi connectivity index (χ0n) is 12.0. The van der Waals surface area contributed by atoms with Gasteiger partial charge in [0.1, 0.15) is 0 Å². The lowest BCUT2D eigenvalue weighted by molar-refractivity contribution is 0.391. The zero-order chi connectivity index (χ0) is 15.9. The van der Waals surface area contributed by atoms with Crippen LogP contribution < -0.4 is 0 Å². The Morgan fingerprint density at radius 1 is 0.810 bits per heavy atom. The van der Waals surface area contributed by atoms with Gasteiger partial charge in [0.2, 0.25) is 0 Å². The molecule has 1 aromatic carbocycles. The largest absolute Gasteiger partial charge is 0.334 e. The second-order valence-electron chi connectivity index (χ2n) is 5.31. The number of rotatable bonds is 3. The molecule has 0 bridgehead atoms. The highest BCUT2D eigenvalue weighted by Gasteiger charge is 2.30. The van der Waals surface area contributed by atoms with E-state index < -0.39 is 34.8 Å². The van der Waals surface area contributed by atoms with Gasteiger partial charge >= 0.3 is 0 Å². The van der Waals surface area contributed by atoms with Gasteiger partial charge in [-0.25, -0.2) is 17.6 Å². The average molecular weight is 302 g/mol. The van der Waals surface area contributed by atoms with E-state index in [1.165, 1.54) is 13.8 Å². The minimum absolute atomic E-state index is 0.108. The van der Waals surface area contributed by atoms with Crippen LogP contribution in [0.5, 0.6) is 0 Å². The minimum atomic E-state index is -1.89. The minimum Gasteiger partial charge on any atom is -0.334 e. The highest BCUT2D eigenvalue weighted by Crippen LogP contribution is 2.36. The summed E-state index contributed by atoms with van der Waals surface area (Å²) < 4.78 is 59.7. The topological polar surface area (TPSA) is 38.9 Å². The highest BCUT2D eigenvalue weighted by atomic mass is 19.2. The molecule has 1 heterocycles. The lowest BCUT2D eigenvalue weighted by Crippen LogP contribution is -2.07. The van der Waals surface area contributed by atoms with Crippen molar-refractivity contribution in [3.63, 3.8) is 0 Å². The van der Waals surface area contributed by atoms with Gasteiger partial charge in [-0.05, 0) is 5.92 Å². The molecule has 2 aromatic rings. The molecule has 0 N–H and O–H groups in total. The molecule has 0 radical (unpaired) electrons. The van der Waals surface area contributed by atoms with Crippen molar-refractivity contribution in [1.82, 2.24) is 10.1 Å². The molecule has 0 amide bonds. The number of halogens is 4. The van der Waals surface area contributed by atoms with Gasteiger partial charge in [-0.15, -0.1) is 0 Å². The van der Waals surface area contributed by atoms with Crippen LogP contribution in [-0.2, 0) is 0 Å². The molecule has 0 aliphatic carbocycles. The van der Waals surface area contributed by atoms with E-state index >= 15 is 0 Å². The highest BCUT2D eigenvalue weighted by molar-refractivity contribution is 5.61. The van der Waals surface area contributed by atoms with E-state index in [0.717, 1.165) is 0 Å². The second kappa shape index (κ2) is 5.46. The number of benzene rings is 1. The van der Waals surface area contributed by atoms with Gasteiger partial charge in [-0.1, -0.05) is 32.9 Å². The van der Waals surface area contributed by atoms with Crippen molar-refractivity contribution in [3.8, 4) is 11.5 Å². The fraction of sp³-hybridized carbons (Fsp3) is 0.429. The molecule has 114 valence electrons. The van der Waals surface area contributed by atoms with E-state index in [9.17, 15) is 17.6 Å². The molecule has 0 fully saturated rings. The van der Waals surface area contributed by atoms with Crippen LogP contribution in [0.3, 0.4) is 0 Å². The van der Waals surface area contributed by atoms with E-state index in [4.69, 9.17) is 4.52 Å². The van der Waals surface area contributed by atoms with E-state index in [1.54, 1.807) is 13.8 Å². The number of nitrogens with zero attached hydrogens (tertiary/aromatic N) is 2. The Bertz CT molecular complexity index is 680. The van der Waals surface area contributed by atoms with Gasteiger partial charge < -0.3 is 4.52 Å². The first-order valence-corrected chi connectivity index (χ1v) is 6.45. The molecule has 1 aromatic heterocycles. The maximum atomic E-state index is 14.0. The SMILES string of the molecule is CC(C)c1noc(-c2c(F)c(F)c(F)c(F)c2C(C)C)n1. The normalized spacial score (nSPS) is 11.7. The van der Waals surface area contributed by atoms with Crippen LogP contribution in [0.2, 0.25) is 0 Å². The van der Waals surface area contributed by atoms with Gasteiger partial charge in [-0.2, -0.15) is 4.98 Å². The predicted octanol–water partition coefficient (Wildman–Crippen LogP) is 4.54. The van der Waals surface area contributed by atoms with Gasteiger partial charge in [0.05, 0.1) is 5.56 Å². The van der Waals surface area contributed by atoms with Crippen molar-refractivity contribution >= 4 is 0 Å². The van der Waals surface area contributed by atoms with E-state index in [-0.39, 0.29) is 23.2 Å². The van der Waals surface area contributed by atoms with Gasteiger partial charge in [0.15, 0.2) is 29.1 Å². The standard InChI is InChI=1S/C14H14F4N2O/c1-5(2)7-8(10(16)12(18)11(17)9(7)15)14-19-13(6(3)4)20-21-14/h5-6H,1-4H3. The molecule has 3 nitrogen and oxygen atoms in total. The van der Waals surface area contributed by atoms with Gasteiger partial charge in [0.25, 0.3) is 5.89 Å². The van der Waals surface area contributed by atoms with Crippen LogP contribution in [0.25, 0.3) is 11.5 Å². The monoisotopic (exact) mass is 302 g/mol. The van der Waals surface area contributed by atoms with Crippen LogP contribution in [0.1, 0.15) is 50.9 Å². The molecule has 2 rings (SSSR count). The Morgan fingerprint density at radius 3 is 1.86 bits per heavy atom. The summed E-state index contributed by atoms with van der Waals surface area (Å²) in [6.07, 6.45) is 0. The van der Waals surface area contributed by atoms with Crippen molar-refractivity contribution in [1.29, 1.82) is 0 Å². The molecule has 0 aliphatic rings. The summed E-state index contributed by atoms with van der Waals surface area (Å²) in [5, 5.41) is 3.62. The summed E-state index contributed by atoms with van der Waals surface area (Å²) in [6, 6.07) is 0. The molecule has 0 spiro atoms.